The number of ketones is 1. The Bertz CT molecular complexity index is 1130. The van der Waals surface area contributed by atoms with Crippen molar-refractivity contribution < 1.29 is 40.7 Å². The van der Waals surface area contributed by atoms with Gasteiger partial charge in [0.05, 0.1) is 23.1 Å². The van der Waals surface area contributed by atoms with Gasteiger partial charge in [-0.15, -0.1) is 0 Å². The van der Waals surface area contributed by atoms with Crippen molar-refractivity contribution in [3.63, 3.8) is 0 Å². The molecule has 34 heavy (non-hydrogen) atoms. The summed E-state index contributed by atoms with van der Waals surface area (Å²) in [5.41, 5.74) is -2.25. The van der Waals surface area contributed by atoms with Gasteiger partial charge < -0.3 is 9.64 Å². The van der Waals surface area contributed by atoms with Gasteiger partial charge >= 0.3 is 12.4 Å². The maximum Gasteiger partial charge on any atom is 0.416 e. The van der Waals surface area contributed by atoms with E-state index >= 15 is 0 Å². The van der Waals surface area contributed by atoms with Crippen LogP contribution in [-0.4, -0.2) is 35.3 Å². The lowest BCUT2D eigenvalue weighted by Crippen LogP contribution is -2.52. The Kier molecular flexibility index (Phi) is 5.69. The molecule has 2 heterocycles. The number of aryl methyl sites for hydroxylation is 2. The molecule has 4 rings (SSSR count). The number of carbonyl (C=O) groups excluding carboxylic acids is 2. The molecule has 1 amide bonds. The molecule has 1 spiro atoms. The van der Waals surface area contributed by atoms with Crippen LogP contribution in [0.3, 0.4) is 0 Å². The van der Waals surface area contributed by atoms with Crippen LogP contribution in [0.2, 0.25) is 0 Å². The van der Waals surface area contributed by atoms with Crippen molar-refractivity contribution in [1.29, 1.82) is 0 Å². The SMILES string of the molecule is Cc1cc2c(cc1C)C(=O)CC1(CCN(C(=O)c3cc(C(F)(F)F)cc(C(F)(F)F)c3)CC1)O2. The summed E-state index contributed by atoms with van der Waals surface area (Å²) in [4.78, 5) is 26.8. The fourth-order valence-electron chi connectivity index (χ4n) is 4.41. The molecule has 0 radical (unpaired) electrons. The third-order valence-corrected chi connectivity index (χ3v) is 6.50. The molecule has 0 N–H and O–H groups in total. The fourth-order valence-corrected chi connectivity index (χ4v) is 4.41. The monoisotopic (exact) mass is 485 g/mol. The standard InChI is InChI=1S/C24H21F6NO3/c1-13-7-18-19(32)12-22(34-20(18)8-14(13)2)3-5-31(6-4-22)21(33)15-9-16(23(25,26)27)11-17(10-15)24(28,29)30/h7-11H,3-6,12H2,1-2H3. The Hall–Kier alpha value is -3.04. The summed E-state index contributed by atoms with van der Waals surface area (Å²) < 4.78 is 85.1. The molecule has 2 aromatic rings. The van der Waals surface area contributed by atoms with Gasteiger partial charge in [-0.25, -0.2) is 0 Å². The summed E-state index contributed by atoms with van der Waals surface area (Å²) in [6.07, 6.45) is -9.54. The van der Waals surface area contributed by atoms with Crippen molar-refractivity contribution >= 4 is 11.7 Å². The Morgan fingerprint density at radius 1 is 0.882 bits per heavy atom. The minimum atomic E-state index is -5.04. The molecule has 182 valence electrons. The molecule has 1 saturated heterocycles. The van der Waals surface area contributed by atoms with Gasteiger partial charge in [0.2, 0.25) is 0 Å². The number of nitrogens with zero attached hydrogens (tertiary/aromatic N) is 1. The molecule has 0 bridgehead atoms. The van der Waals surface area contributed by atoms with Crippen LogP contribution < -0.4 is 4.74 Å². The molecular formula is C24H21F6NO3. The number of rotatable bonds is 1. The molecule has 1 fully saturated rings. The Balaban J connectivity index is 1.55. The van der Waals surface area contributed by atoms with Crippen LogP contribution in [0.1, 0.15) is 62.2 Å². The zero-order valence-corrected chi connectivity index (χ0v) is 18.4. The van der Waals surface area contributed by atoms with Crippen LogP contribution >= 0.6 is 0 Å². The van der Waals surface area contributed by atoms with Gasteiger partial charge in [-0.2, -0.15) is 26.3 Å². The second-order valence-corrected chi connectivity index (χ2v) is 8.90. The van der Waals surface area contributed by atoms with Crippen LogP contribution in [-0.2, 0) is 12.4 Å². The molecule has 0 unspecified atom stereocenters. The second-order valence-electron chi connectivity index (χ2n) is 8.90. The lowest BCUT2D eigenvalue weighted by molar-refractivity contribution is -0.143. The number of hydrogen-bond donors (Lipinski definition) is 0. The predicted octanol–water partition coefficient (Wildman–Crippen LogP) is 5.98. The highest BCUT2D eigenvalue weighted by atomic mass is 19.4. The maximum atomic E-state index is 13.2. The van der Waals surface area contributed by atoms with E-state index in [1.54, 1.807) is 12.1 Å². The molecule has 0 saturated carbocycles. The van der Waals surface area contributed by atoms with E-state index in [0.717, 1.165) is 11.1 Å². The molecule has 0 aliphatic carbocycles. The number of carbonyl (C=O) groups is 2. The van der Waals surface area contributed by atoms with E-state index in [1.807, 2.05) is 13.8 Å². The average molecular weight is 485 g/mol. The van der Waals surface area contributed by atoms with Gasteiger partial charge in [0.1, 0.15) is 11.4 Å². The Morgan fingerprint density at radius 3 is 1.94 bits per heavy atom. The number of likely N-dealkylation sites (tertiary alicyclic amines) is 1. The highest BCUT2D eigenvalue weighted by Gasteiger charge is 2.44. The van der Waals surface area contributed by atoms with Crippen LogP contribution in [0.15, 0.2) is 30.3 Å². The Labute approximate surface area is 191 Å². The molecule has 2 aromatic carbocycles. The molecule has 0 aromatic heterocycles. The van der Waals surface area contributed by atoms with Gasteiger partial charge in [-0.3, -0.25) is 9.59 Å². The van der Waals surface area contributed by atoms with E-state index in [9.17, 15) is 35.9 Å². The minimum absolute atomic E-state index is 0.00932. The topological polar surface area (TPSA) is 46.6 Å². The van der Waals surface area contributed by atoms with Crippen LogP contribution in [0, 0.1) is 13.8 Å². The van der Waals surface area contributed by atoms with Gasteiger partial charge in [-0.05, 0) is 55.3 Å². The lowest BCUT2D eigenvalue weighted by Gasteiger charge is -2.44. The van der Waals surface area contributed by atoms with Crippen molar-refractivity contribution in [2.75, 3.05) is 13.1 Å². The normalized spacial score (nSPS) is 18.0. The summed E-state index contributed by atoms with van der Waals surface area (Å²) in [7, 11) is 0. The first-order valence-electron chi connectivity index (χ1n) is 10.6. The van der Waals surface area contributed by atoms with Gasteiger partial charge in [0.25, 0.3) is 5.91 Å². The van der Waals surface area contributed by atoms with Crippen molar-refractivity contribution in [3.05, 3.63) is 63.7 Å². The number of fused-ring (bicyclic) bond motifs is 1. The van der Waals surface area contributed by atoms with Crippen molar-refractivity contribution in [2.24, 2.45) is 0 Å². The van der Waals surface area contributed by atoms with Crippen LogP contribution in [0.25, 0.3) is 0 Å². The number of hydrogen-bond acceptors (Lipinski definition) is 3. The van der Waals surface area contributed by atoms with Crippen molar-refractivity contribution in [1.82, 2.24) is 4.90 Å². The third-order valence-electron chi connectivity index (χ3n) is 6.50. The van der Waals surface area contributed by atoms with Gasteiger partial charge in [0.15, 0.2) is 5.78 Å². The van der Waals surface area contributed by atoms with E-state index in [1.165, 1.54) is 4.90 Å². The summed E-state index contributed by atoms with van der Waals surface area (Å²) in [6.45, 7) is 3.83. The number of ether oxygens (including phenoxy) is 1. The second kappa shape index (κ2) is 8.02. The average Bonchev–Trinajstić information content (AvgIpc) is 2.74. The highest BCUT2D eigenvalue weighted by molar-refractivity contribution is 6.01. The molecule has 2 aliphatic rings. The summed E-state index contributed by atoms with van der Waals surface area (Å²) in [6, 6.07) is 4.41. The fraction of sp³-hybridized carbons (Fsp3) is 0.417. The number of amides is 1. The maximum absolute atomic E-state index is 13.2. The number of piperidine rings is 1. The van der Waals surface area contributed by atoms with E-state index in [4.69, 9.17) is 4.74 Å². The number of benzene rings is 2. The van der Waals surface area contributed by atoms with E-state index in [-0.39, 0.29) is 44.2 Å². The molecule has 4 nitrogen and oxygen atoms in total. The third kappa shape index (κ3) is 4.50. The largest absolute Gasteiger partial charge is 0.486 e. The first-order chi connectivity index (χ1) is 15.7. The number of Topliss-reactive ketones (excluding diaryl/α,β-unsaturated/α-hetero) is 1. The van der Waals surface area contributed by atoms with Crippen LogP contribution in [0.4, 0.5) is 26.3 Å². The highest BCUT2D eigenvalue weighted by Crippen LogP contribution is 2.41. The van der Waals surface area contributed by atoms with E-state index in [2.05, 4.69) is 0 Å². The first kappa shape index (κ1) is 24.1. The molecule has 10 heteroatoms. The lowest BCUT2D eigenvalue weighted by atomic mass is 9.81. The minimum Gasteiger partial charge on any atom is -0.486 e. The molecular weight excluding hydrogens is 464 g/mol. The predicted molar refractivity (Wildman–Crippen MR) is 110 cm³/mol. The van der Waals surface area contributed by atoms with Gasteiger partial charge in [0, 0.05) is 31.5 Å². The molecule has 2 aliphatic heterocycles. The van der Waals surface area contributed by atoms with Crippen molar-refractivity contribution in [2.45, 2.75) is 51.1 Å². The first-order valence-corrected chi connectivity index (χ1v) is 10.6. The summed E-state index contributed by atoms with van der Waals surface area (Å²) in [5.74, 6) is -0.580. The van der Waals surface area contributed by atoms with Gasteiger partial charge in [-0.1, -0.05) is 0 Å². The quantitative estimate of drug-likeness (QED) is 0.467. The Morgan fingerprint density at radius 2 is 1.41 bits per heavy atom. The zero-order chi connectivity index (χ0) is 25.1. The van der Waals surface area contributed by atoms with Crippen LogP contribution in [0.5, 0.6) is 5.75 Å². The van der Waals surface area contributed by atoms with E-state index < -0.39 is 40.6 Å². The zero-order valence-electron chi connectivity index (χ0n) is 18.4. The number of alkyl halides is 6. The summed E-state index contributed by atoms with van der Waals surface area (Å²) in [5, 5.41) is 0. The van der Waals surface area contributed by atoms with E-state index in [0.29, 0.717) is 23.4 Å². The smallest absolute Gasteiger partial charge is 0.416 e. The molecule has 0 atom stereocenters. The van der Waals surface area contributed by atoms with Crippen molar-refractivity contribution in [3.8, 4) is 5.75 Å². The summed E-state index contributed by atoms with van der Waals surface area (Å²) >= 11 is 0. The number of halogens is 6.